The summed E-state index contributed by atoms with van der Waals surface area (Å²) in [5.41, 5.74) is 2.20. The Morgan fingerprint density at radius 2 is 1.86 bits per heavy atom. The smallest absolute Gasteiger partial charge is 0.338 e. The lowest BCUT2D eigenvalue weighted by atomic mass is 10.1. The molecule has 21 heavy (non-hydrogen) atoms. The normalized spacial score (nSPS) is 10.7. The maximum absolute atomic E-state index is 12.0. The number of carbonyl (C=O) groups excluding carboxylic acids is 1. The second kappa shape index (κ2) is 6.39. The molecule has 0 amide bonds. The van der Waals surface area contributed by atoms with Crippen LogP contribution in [0.2, 0.25) is 0 Å². The van der Waals surface area contributed by atoms with E-state index in [4.69, 9.17) is 4.74 Å². The molecule has 0 fully saturated rings. The number of carbonyl (C=O) groups is 1. The van der Waals surface area contributed by atoms with Gasteiger partial charge in [0.25, 0.3) is 5.56 Å². The van der Waals surface area contributed by atoms with Crippen molar-refractivity contribution in [3.05, 3.63) is 69.6 Å². The van der Waals surface area contributed by atoms with Crippen LogP contribution >= 0.6 is 0 Å². The SMILES string of the molecule is Cc1cccn(Cc2ccc(C(=O)OC(C)C)cc2)c1=O. The zero-order valence-corrected chi connectivity index (χ0v) is 12.5. The summed E-state index contributed by atoms with van der Waals surface area (Å²) >= 11 is 0. The molecule has 4 nitrogen and oxygen atoms in total. The van der Waals surface area contributed by atoms with Crippen molar-refractivity contribution in [1.82, 2.24) is 4.57 Å². The van der Waals surface area contributed by atoms with Crippen molar-refractivity contribution in [2.45, 2.75) is 33.4 Å². The van der Waals surface area contributed by atoms with Crippen LogP contribution in [0.4, 0.5) is 0 Å². The third-order valence-electron chi connectivity index (χ3n) is 3.10. The molecule has 0 radical (unpaired) electrons. The Hall–Kier alpha value is -2.36. The maximum Gasteiger partial charge on any atom is 0.338 e. The van der Waals surface area contributed by atoms with Crippen LogP contribution in [0.15, 0.2) is 47.4 Å². The molecule has 0 N–H and O–H groups in total. The van der Waals surface area contributed by atoms with E-state index in [9.17, 15) is 9.59 Å². The van der Waals surface area contributed by atoms with Crippen molar-refractivity contribution in [3.8, 4) is 0 Å². The Labute approximate surface area is 124 Å². The third kappa shape index (κ3) is 3.81. The van der Waals surface area contributed by atoms with Crippen LogP contribution in [-0.2, 0) is 11.3 Å². The van der Waals surface area contributed by atoms with Crippen molar-refractivity contribution in [2.75, 3.05) is 0 Å². The van der Waals surface area contributed by atoms with Gasteiger partial charge in [0.05, 0.1) is 18.2 Å². The van der Waals surface area contributed by atoms with Crippen molar-refractivity contribution in [1.29, 1.82) is 0 Å². The van der Waals surface area contributed by atoms with Gasteiger partial charge in [-0.2, -0.15) is 0 Å². The standard InChI is InChI=1S/C17H19NO3/c1-12(2)21-17(20)15-8-6-14(7-9-15)11-18-10-4-5-13(3)16(18)19/h4-10,12H,11H2,1-3H3. The molecule has 2 rings (SSSR count). The molecule has 0 aliphatic heterocycles. The van der Waals surface area contributed by atoms with E-state index in [1.165, 1.54) is 0 Å². The van der Waals surface area contributed by atoms with E-state index in [1.807, 2.05) is 32.0 Å². The molecule has 0 unspecified atom stereocenters. The predicted molar refractivity (Wildman–Crippen MR) is 81.5 cm³/mol. The monoisotopic (exact) mass is 285 g/mol. The van der Waals surface area contributed by atoms with Gasteiger partial charge in [-0.1, -0.05) is 18.2 Å². The molecule has 2 aromatic rings. The fourth-order valence-corrected chi connectivity index (χ4v) is 2.01. The summed E-state index contributed by atoms with van der Waals surface area (Å²) in [4.78, 5) is 23.7. The quantitative estimate of drug-likeness (QED) is 0.812. The molecule has 0 atom stereocenters. The summed E-state index contributed by atoms with van der Waals surface area (Å²) in [6.45, 7) is 5.91. The lowest BCUT2D eigenvalue weighted by Gasteiger charge is -2.09. The van der Waals surface area contributed by atoms with Gasteiger partial charge >= 0.3 is 5.97 Å². The topological polar surface area (TPSA) is 48.3 Å². The molecule has 1 aromatic carbocycles. The Balaban J connectivity index is 2.14. The van der Waals surface area contributed by atoms with Crippen LogP contribution in [0.1, 0.15) is 35.3 Å². The van der Waals surface area contributed by atoms with Gasteiger partial charge in [0.2, 0.25) is 0 Å². The highest BCUT2D eigenvalue weighted by atomic mass is 16.5. The molecule has 4 heteroatoms. The largest absolute Gasteiger partial charge is 0.459 e. The van der Waals surface area contributed by atoms with Gasteiger partial charge in [0.1, 0.15) is 0 Å². The Morgan fingerprint density at radius 1 is 1.19 bits per heavy atom. The van der Waals surface area contributed by atoms with Gasteiger partial charge in [-0.3, -0.25) is 4.79 Å². The highest BCUT2D eigenvalue weighted by Crippen LogP contribution is 2.08. The second-order valence-corrected chi connectivity index (χ2v) is 5.28. The number of hydrogen-bond donors (Lipinski definition) is 0. The molecule has 1 aromatic heterocycles. The zero-order chi connectivity index (χ0) is 15.4. The van der Waals surface area contributed by atoms with E-state index in [1.54, 1.807) is 35.9 Å². The number of benzene rings is 1. The first-order chi connectivity index (χ1) is 9.97. The average Bonchev–Trinajstić information content (AvgIpc) is 2.44. The van der Waals surface area contributed by atoms with E-state index >= 15 is 0 Å². The molecule has 0 saturated heterocycles. The van der Waals surface area contributed by atoms with E-state index in [0.29, 0.717) is 12.1 Å². The van der Waals surface area contributed by atoms with Crippen LogP contribution in [0.3, 0.4) is 0 Å². The van der Waals surface area contributed by atoms with E-state index in [2.05, 4.69) is 0 Å². The third-order valence-corrected chi connectivity index (χ3v) is 3.10. The number of ether oxygens (including phenoxy) is 1. The van der Waals surface area contributed by atoms with Crippen LogP contribution in [0.25, 0.3) is 0 Å². The minimum Gasteiger partial charge on any atom is -0.459 e. The highest BCUT2D eigenvalue weighted by Gasteiger charge is 2.09. The molecule has 0 bridgehead atoms. The van der Waals surface area contributed by atoms with Gasteiger partial charge in [-0.25, -0.2) is 4.79 Å². The first kappa shape index (κ1) is 15.0. The molecule has 0 aliphatic rings. The number of esters is 1. The van der Waals surface area contributed by atoms with Gasteiger partial charge in [0, 0.05) is 11.8 Å². The first-order valence-electron chi connectivity index (χ1n) is 6.93. The summed E-state index contributed by atoms with van der Waals surface area (Å²) < 4.78 is 6.78. The second-order valence-electron chi connectivity index (χ2n) is 5.28. The summed E-state index contributed by atoms with van der Waals surface area (Å²) in [5, 5.41) is 0. The number of aromatic nitrogens is 1. The van der Waals surface area contributed by atoms with Crippen molar-refractivity contribution in [2.24, 2.45) is 0 Å². The van der Waals surface area contributed by atoms with Gasteiger partial charge in [0.15, 0.2) is 0 Å². The number of rotatable bonds is 4. The summed E-state index contributed by atoms with van der Waals surface area (Å²) in [7, 11) is 0. The Morgan fingerprint density at radius 3 is 2.48 bits per heavy atom. The molecule has 0 aliphatic carbocycles. The summed E-state index contributed by atoms with van der Waals surface area (Å²) in [6, 6.07) is 10.8. The van der Waals surface area contributed by atoms with Gasteiger partial charge in [-0.05, 0) is 44.5 Å². The zero-order valence-electron chi connectivity index (χ0n) is 12.5. The van der Waals surface area contributed by atoms with Crippen LogP contribution in [-0.4, -0.2) is 16.6 Å². The van der Waals surface area contributed by atoms with Crippen molar-refractivity contribution in [3.63, 3.8) is 0 Å². The Kier molecular flexibility index (Phi) is 4.58. The lowest BCUT2D eigenvalue weighted by Crippen LogP contribution is -2.21. The highest BCUT2D eigenvalue weighted by molar-refractivity contribution is 5.89. The fraction of sp³-hybridized carbons (Fsp3) is 0.294. The van der Waals surface area contributed by atoms with E-state index in [0.717, 1.165) is 11.1 Å². The molecule has 110 valence electrons. The molecule has 0 saturated carbocycles. The number of pyridine rings is 1. The minimum absolute atomic E-state index is 0.000735. The summed E-state index contributed by atoms with van der Waals surface area (Å²) in [5.74, 6) is -0.329. The molecular weight excluding hydrogens is 266 g/mol. The van der Waals surface area contributed by atoms with Crippen LogP contribution in [0.5, 0.6) is 0 Å². The molecule has 1 heterocycles. The van der Waals surface area contributed by atoms with Gasteiger partial charge < -0.3 is 9.30 Å². The molecular formula is C17H19NO3. The minimum atomic E-state index is -0.329. The first-order valence-corrected chi connectivity index (χ1v) is 6.93. The maximum atomic E-state index is 12.0. The van der Waals surface area contributed by atoms with Crippen molar-refractivity contribution < 1.29 is 9.53 Å². The van der Waals surface area contributed by atoms with Crippen molar-refractivity contribution >= 4 is 5.97 Å². The fourth-order valence-electron chi connectivity index (χ4n) is 2.01. The lowest BCUT2D eigenvalue weighted by molar-refractivity contribution is 0.0378. The molecule has 0 spiro atoms. The van der Waals surface area contributed by atoms with Crippen LogP contribution in [0, 0.1) is 6.92 Å². The van der Waals surface area contributed by atoms with E-state index in [-0.39, 0.29) is 17.6 Å². The van der Waals surface area contributed by atoms with Crippen LogP contribution < -0.4 is 5.56 Å². The average molecular weight is 285 g/mol. The number of hydrogen-bond acceptors (Lipinski definition) is 3. The number of aryl methyl sites for hydroxylation is 1. The number of nitrogens with zero attached hydrogens (tertiary/aromatic N) is 1. The summed E-state index contributed by atoms with van der Waals surface area (Å²) in [6.07, 6.45) is 1.62. The van der Waals surface area contributed by atoms with Gasteiger partial charge in [-0.15, -0.1) is 0 Å². The Bertz CT molecular complexity index is 684. The predicted octanol–water partition coefficient (Wildman–Crippen LogP) is 2.77. The van der Waals surface area contributed by atoms with E-state index < -0.39 is 0 Å².